The van der Waals surface area contributed by atoms with Crippen LogP contribution in [0.5, 0.6) is 0 Å². The van der Waals surface area contributed by atoms with Crippen molar-refractivity contribution >= 4 is 40.6 Å². The van der Waals surface area contributed by atoms with Gasteiger partial charge in [-0.1, -0.05) is 32.0 Å². The minimum Gasteiger partial charge on any atom is -0.480 e. The van der Waals surface area contributed by atoms with Crippen LogP contribution >= 0.6 is 0 Å². The van der Waals surface area contributed by atoms with Gasteiger partial charge in [-0.15, -0.1) is 0 Å². The molecule has 1 aromatic heterocycles. The molecule has 0 radical (unpaired) electrons. The van der Waals surface area contributed by atoms with Crippen molar-refractivity contribution in [2.45, 2.75) is 64.2 Å². The number of aliphatic imine (C=N–C) groups is 1. The summed E-state index contributed by atoms with van der Waals surface area (Å²) >= 11 is 0. The molecular formula is C25H38N8O5. The van der Waals surface area contributed by atoms with Crippen molar-refractivity contribution in [3.8, 4) is 0 Å². The monoisotopic (exact) mass is 530 g/mol. The molecule has 0 saturated heterocycles. The molecule has 11 N–H and O–H groups in total. The summed E-state index contributed by atoms with van der Waals surface area (Å²) in [4.78, 5) is 56.8. The van der Waals surface area contributed by atoms with Crippen LogP contribution in [-0.2, 0) is 25.6 Å². The van der Waals surface area contributed by atoms with Crippen LogP contribution in [0.25, 0.3) is 10.9 Å². The number of aromatic nitrogens is 1. The standard InChI is InChI=1S/C25H38N8O5/c1-13(2)20(23(36)32-19(24(37)38)9-6-10-29-25(27)28)33-21(34)14(3)31-22(35)17(26)11-15-12-30-18-8-5-4-7-16(15)18/h4-5,7-8,12-14,17,19-20,30H,6,9-11,26H2,1-3H3,(H,31,35)(H,32,36)(H,33,34)(H,37,38)(H4,27,28,29). The number of carbonyl (C=O) groups excluding carboxylic acids is 3. The van der Waals surface area contributed by atoms with Gasteiger partial charge in [-0.2, -0.15) is 0 Å². The summed E-state index contributed by atoms with van der Waals surface area (Å²) in [5.41, 5.74) is 18.4. The van der Waals surface area contributed by atoms with Crippen LogP contribution in [-0.4, -0.2) is 70.5 Å². The first-order valence-electron chi connectivity index (χ1n) is 12.4. The molecule has 0 saturated carbocycles. The summed E-state index contributed by atoms with van der Waals surface area (Å²) in [5.74, 6) is -3.47. The highest BCUT2D eigenvalue weighted by Gasteiger charge is 2.30. The Morgan fingerprint density at radius 3 is 2.32 bits per heavy atom. The second-order valence-electron chi connectivity index (χ2n) is 9.48. The lowest BCUT2D eigenvalue weighted by Crippen LogP contribution is -2.57. The number of carbonyl (C=O) groups is 4. The summed E-state index contributed by atoms with van der Waals surface area (Å²) in [6.45, 7) is 5.11. The first-order valence-corrected chi connectivity index (χ1v) is 12.4. The summed E-state index contributed by atoms with van der Waals surface area (Å²) in [7, 11) is 0. The molecule has 0 bridgehead atoms. The van der Waals surface area contributed by atoms with Crippen LogP contribution in [0.1, 0.15) is 39.2 Å². The zero-order chi connectivity index (χ0) is 28.4. The van der Waals surface area contributed by atoms with Gasteiger partial charge in [0.05, 0.1) is 6.04 Å². The molecule has 0 spiro atoms. The van der Waals surface area contributed by atoms with Crippen LogP contribution in [0.4, 0.5) is 0 Å². The van der Waals surface area contributed by atoms with Crippen molar-refractivity contribution in [3.05, 3.63) is 36.0 Å². The average Bonchev–Trinajstić information content (AvgIpc) is 3.26. The molecule has 3 amide bonds. The highest BCUT2D eigenvalue weighted by atomic mass is 16.4. The Morgan fingerprint density at radius 2 is 1.68 bits per heavy atom. The lowest BCUT2D eigenvalue weighted by molar-refractivity contribution is -0.142. The molecule has 1 aromatic carbocycles. The van der Waals surface area contributed by atoms with Gasteiger partial charge in [-0.3, -0.25) is 19.4 Å². The molecular weight excluding hydrogens is 492 g/mol. The smallest absolute Gasteiger partial charge is 0.326 e. The number of carboxylic acids is 1. The van der Waals surface area contributed by atoms with Gasteiger partial charge in [0.25, 0.3) is 0 Å². The minimum absolute atomic E-state index is 0.0946. The van der Waals surface area contributed by atoms with Crippen LogP contribution in [0.3, 0.4) is 0 Å². The molecule has 38 heavy (non-hydrogen) atoms. The lowest BCUT2D eigenvalue weighted by Gasteiger charge is -2.26. The van der Waals surface area contributed by atoms with E-state index in [1.54, 1.807) is 20.0 Å². The Morgan fingerprint density at radius 1 is 1.00 bits per heavy atom. The third-order valence-electron chi connectivity index (χ3n) is 6.01. The molecule has 208 valence electrons. The van der Waals surface area contributed by atoms with Crippen molar-refractivity contribution in [1.29, 1.82) is 0 Å². The van der Waals surface area contributed by atoms with E-state index in [0.29, 0.717) is 6.42 Å². The van der Waals surface area contributed by atoms with Gasteiger partial charge in [0.1, 0.15) is 18.1 Å². The predicted octanol–water partition coefficient (Wildman–Crippen LogP) is -0.694. The van der Waals surface area contributed by atoms with Crippen molar-refractivity contribution in [3.63, 3.8) is 0 Å². The van der Waals surface area contributed by atoms with Gasteiger partial charge < -0.3 is 43.2 Å². The minimum atomic E-state index is -1.22. The number of fused-ring (bicyclic) bond motifs is 1. The van der Waals surface area contributed by atoms with E-state index in [9.17, 15) is 24.3 Å². The third kappa shape index (κ3) is 8.76. The maximum absolute atomic E-state index is 12.8. The van der Waals surface area contributed by atoms with E-state index >= 15 is 0 Å². The number of nitrogens with zero attached hydrogens (tertiary/aromatic N) is 1. The molecule has 13 nitrogen and oxygen atoms in total. The quantitative estimate of drug-likeness (QED) is 0.0882. The number of guanidine groups is 1. The maximum atomic E-state index is 12.8. The zero-order valence-corrected chi connectivity index (χ0v) is 21.9. The van der Waals surface area contributed by atoms with Gasteiger partial charge in [-0.25, -0.2) is 4.79 Å². The number of aromatic amines is 1. The highest BCUT2D eigenvalue weighted by molar-refractivity contribution is 5.94. The summed E-state index contributed by atoms with van der Waals surface area (Å²) in [6, 6.07) is 3.54. The van der Waals surface area contributed by atoms with Crippen LogP contribution in [0, 0.1) is 5.92 Å². The van der Waals surface area contributed by atoms with Gasteiger partial charge >= 0.3 is 5.97 Å². The van der Waals surface area contributed by atoms with E-state index in [1.807, 2.05) is 24.3 Å². The first-order chi connectivity index (χ1) is 17.9. The number of aliphatic carboxylic acids is 1. The SMILES string of the molecule is CC(NC(=O)C(N)Cc1c[nH]c2ccccc12)C(=O)NC(C(=O)NC(CCCN=C(N)N)C(=O)O)C(C)C. The van der Waals surface area contributed by atoms with Crippen LogP contribution in [0.2, 0.25) is 0 Å². The summed E-state index contributed by atoms with van der Waals surface area (Å²) in [5, 5.41) is 18.1. The van der Waals surface area contributed by atoms with Crippen LogP contribution in [0.15, 0.2) is 35.5 Å². The number of amides is 3. The fraction of sp³-hybridized carbons (Fsp3) is 0.480. The van der Waals surface area contributed by atoms with E-state index in [4.69, 9.17) is 17.2 Å². The molecule has 0 aliphatic heterocycles. The second kappa shape index (κ2) is 14.0. The molecule has 2 aromatic rings. The van der Waals surface area contributed by atoms with Gasteiger partial charge in [0.2, 0.25) is 17.7 Å². The fourth-order valence-electron chi connectivity index (χ4n) is 3.85. The number of nitrogens with two attached hydrogens (primary N) is 3. The zero-order valence-electron chi connectivity index (χ0n) is 21.9. The molecule has 0 aliphatic carbocycles. The number of hydrogen-bond acceptors (Lipinski definition) is 6. The summed E-state index contributed by atoms with van der Waals surface area (Å²) < 4.78 is 0. The number of H-pyrrole nitrogens is 1. The number of rotatable bonds is 14. The van der Waals surface area contributed by atoms with Crippen molar-refractivity contribution in [1.82, 2.24) is 20.9 Å². The number of para-hydroxylation sites is 1. The van der Waals surface area contributed by atoms with E-state index in [-0.39, 0.29) is 31.3 Å². The molecule has 4 unspecified atom stereocenters. The van der Waals surface area contributed by atoms with Gasteiger partial charge in [0, 0.05) is 23.6 Å². The van der Waals surface area contributed by atoms with Crippen LogP contribution < -0.4 is 33.2 Å². The normalized spacial score (nSPS) is 14.2. The van der Waals surface area contributed by atoms with E-state index in [1.165, 1.54) is 6.92 Å². The Kier molecular flexibility index (Phi) is 11.1. The lowest BCUT2D eigenvalue weighted by atomic mass is 10.0. The molecule has 0 fully saturated rings. The number of carboxylic acid groups (broad SMARTS) is 1. The molecule has 13 heteroatoms. The molecule has 4 atom stereocenters. The topological polar surface area (TPSA) is 231 Å². The van der Waals surface area contributed by atoms with E-state index in [0.717, 1.165) is 16.5 Å². The molecule has 2 rings (SSSR count). The van der Waals surface area contributed by atoms with Gasteiger partial charge in [0.15, 0.2) is 5.96 Å². The number of nitrogens with one attached hydrogen (secondary N) is 4. The van der Waals surface area contributed by atoms with E-state index in [2.05, 4.69) is 25.9 Å². The Hall–Kier alpha value is -4.13. The number of hydrogen-bond donors (Lipinski definition) is 8. The van der Waals surface area contributed by atoms with Gasteiger partial charge in [-0.05, 0) is 43.7 Å². The second-order valence-corrected chi connectivity index (χ2v) is 9.48. The summed E-state index contributed by atoms with van der Waals surface area (Å²) in [6.07, 6.45) is 2.49. The third-order valence-corrected chi connectivity index (χ3v) is 6.01. The van der Waals surface area contributed by atoms with Crippen molar-refractivity contribution < 1.29 is 24.3 Å². The Bertz CT molecular complexity index is 1160. The average molecular weight is 531 g/mol. The maximum Gasteiger partial charge on any atom is 0.326 e. The predicted molar refractivity (Wildman–Crippen MR) is 144 cm³/mol. The van der Waals surface area contributed by atoms with Crippen molar-refractivity contribution in [2.24, 2.45) is 28.1 Å². The molecule has 0 aliphatic rings. The largest absolute Gasteiger partial charge is 0.480 e. The number of benzene rings is 1. The Balaban J connectivity index is 1.94. The molecule has 1 heterocycles. The van der Waals surface area contributed by atoms with E-state index < -0.39 is 47.9 Å². The Labute approximate surface area is 221 Å². The highest BCUT2D eigenvalue weighted by Crippen LogP contribution is 2.18. The fourth-order valence-corrected chi connectivity index (χ4v) is 3.85. The first kappa shape index (κ1) is 30.1. The van der Waals surface area contributed by atoms with Crippen molar-refractivity contribution in [2.75, 3.05) is 6.54 Å².